The van der Waals surface area contributed by atoms with Crippen molar-refractivity contribution in [3.05, 3.63) is 18.0 Å². The molecule has 0 saturated carbocycles. The van der Waals surface area contributed by atoms with Gasteiger partial charge in [-0.25, -0.2) is 9.59 Å². The SMILES string of the molecule is CCOC(=O)NC(=S)N(CCOC(C)C)c1ccn(CCO)c1C(=O)OCC. The average Bonchev–Trinajstić information content (AvgIpc) is 3.02. The highest BCUT2D eigenvalue weighted by Gasteiger charge is 2.25. The number of amides is 1. The number of esters is 1. The molecule has 0 aromatic carbocycles. The Balaban J connectivity index is 3.21. The van der Waals surface area contributed by atoms with Gasteiger partial charge in [0.2, 0.25) is 0 Å². The van der Waals surface area contributed by atoms with Gasteiger partial charge >= 0.3 is 12.1 Å². The van der Waals surface area contributed by atoms with E-state index in [4.69, 9.17) is 26.4 Å². The van der Waals surface area contributed by atoms with E-state index in [2.05, 4.69) is 5.32 Å². The molecule has 10 heteroatoms. The summed E-state index contributed by atoms with van der Waals surface area (Å²) in [6, 6.07) is 1.68. The van der Waals surface area contributed by atoms with E-state index in [9.17, 15) is 14.7 Å². The van der Waals surface area contributed by atoms with Gasteiger partial charge < -0.3 is 28.8 Å². The Bertz CT molecular complexity index is 662. The van der Waals surface area contributed by atoms with Crippen molar-refractivity contribution in [3.63, 3.8) is 0 Å². The fourth-order valence-corrected chi connectivity index (χ4v) is 2.70. The van der Waals surface area contributed by atoms with Crippen LogP contribution in [0.1, 0.15) is 38.2 Å². The Labute approximate surface area is 170 Å². The molecule has 0 aliphatic heterocycles. The largest absolute Gasteiger partial charge is 0.461 e. The molecule has 0 atom stereocenters. The monoisotopic (exact) mass is 415 g/mol. The van der Waals surface area contributed by atoms with Crippen LogP contribution in [0.25, 0.3) is 0 Å². The standard InChI is InChI=1S/C18H29N3O6S/c1-5-25-16(23)15-14(7-8-20(15)9-11-22)21(10-12-27-13(3)4)17(28)19-18(24)26-6-2/h7-8,13,22H,5-6,9-12H2,1-4H3,(H,19,24,28). The van der Waals surface area contributed by atoms with Gasteiger partial charge in [0, 0.05) is 19.3 Å². The second-order valence-corrected chi connectivity index (χ2v) is 6.30. The number of aromatic nitrogens is 1. The summed E-state index contributed by atoms with van der Waals surface area (Å²) in [7, 11) is 0. The molecule has 0 aliphatic rings. The zero-order valence-corrected chi connectivity index (χ0v) is 17.6. The lowest BCUT2D eigenvalue weighted by Crippen LogP contribution is -2.45. The smallest absolute Gasteiger partial charge is 0.413 e. The molecule has 1 aromatic rings. The van der Waals surface area contributed by atoms with Gasteiger partial charge in [0.1, 0.15) is 0 Å². The van der Waals surface area contributed by atoms with Crippen LogP contribution in [-0.4, -0.2) is 65.9 Å². The highest BCUT2D eigenvalue weighted by atomic mass is 32.1. The van der Waals surface area contributed by atoms with Crippen molar-refractivity contribution >= 4 is 35.1 Å². The van der Waals surface area contributed by atoms with Crippen LogP contribution in [0.15, 0.2) is 12.3 Å². The van der Waals surface area contributed by atoms with Crippen LogP contribution >= 0.6 is 12.2 Å². The number of alkyl carbamates (subject to hydrolysis) is 1. The second-order valence-electron chi connectivity index (χ2n) is 5.91. The van der Waals surface area contributed by atoms with Crippen molar-refractivity contribution in [3.8, 4) is 0 Å². The van der Waals surface area contributed by atoms with Crippen molar-refractivity contribution in [1.82, 2.24) is 9.88 Å². The van der Waals surface area contributed by atoms with E-state index in [0.717, 1.165) is 0 Å². The molecule has 0 aliphatic carbocycles. The van der Waals surface area contributed by atoms with Gasteiger partial charge in [-0.05, 0) is 46.0 Å². The maximum Gasteiger partial charge on any atom is 0.413 e. The summed E-state index contributed by atoms with van der Waals surface area (Å²) in [4.78, 5) is 25.9. The quantitative estimate of drug-likeness (QED) is 0.441. The first kappa shape index (κ1) is 23.9. The van der Waals surface area contributed by atoms with Crippen molar-refractivity contribution in [2.75, 3.05) is 37.9 Å². The number of rotatable bonds is 10. The summed E-state index contributed by atoms with van der Waals surface area (Å²) in [6.45, 7) is 8.27. The minimum Gasteiger partial charge on any atom is -0.461 e. The number of carbonyl (C=O) groups excluding carboxylic acids is 2. The molecule has 0 unspecified atom stereocenters. The van der Waals surface area contributed by atoms with Crippen LogP contribution in [0, 0.1) is 0 Å². The summed E-state index contributed by atoms with van der Waals surface area (Å²) in [5.41, 5.74) is 0.675. The van der Waals surface area contributed by atoms with Crippen molar-refractivity contribution < 1.29 is 28.9 Å². The third kappa shape index (κ3) is 7.10. The van der Waals surface area contributed by atoms with Crippen molar-refractivity contribution in [1.29, 1.82) is 0 Å². The number of aliphatic hydroxyl groups excluding tert-OH is 1. The molecule has 0 saturated heterocycles. The summed E-state index contributed by atoms with van der Waals surface area (Å²) in [5.74, 6) is -0.551. The number of carbonyl (C=O) groups is 2. The summed E-state index contributed by atoms with van der Waals surface area (Å²) in [6.07, 6.45) is 0.980. The lowest BCUT2D eigenvalue weighted by Gasteiger charge is -2.26. The van der Waals surface area contributed by atoms with Crippen molar-refractivity contribution in [2.24, 2.45) is 0 Å². The van der Waals surface area contributed by atoms with Crippen molar-refractivity contribution in [2.45, 2.75) is 40.3 Å². The number of hydrogen-bond donors (Lipinski definition) is 2. The van der Waals surface area contributed by atoms with Crippen LogP contribution in [-0.2, 0) is 20.8 Å². The van der Waals surface area contributed by atoms with E-state index in [-0.39, 0.29) is 43.3 Å². The van der Waals surface area contributed by atoms with E-state index in [0.29, 0.717) is 18.8 Å². The first-order chi connectivity index (χ1) is 13.3. The number of thiocarbonyl (C=S) groups is 1. The molecular weight excluding hydrogens is 386 g/mol. The van der Waals surface area contributed by atoms with E-state index >= 15 is 0 Å². The van der Waals surface area contributed by atoms with Gasteiger partial charge in [-0.1, -0.05) is 0 Å². The lowest BCUT2D eigenvalue weighted by molar-refractivity contribution is 0.0513. The van der Waals surface area contributed by atoms with Gasteiger partial charge in [0.05, 0.1) is 38.2 Å². The zero-order valence-electron chi connectivity index (χ0n) is 16.8. The Morgan fingerprint density at radius 2 is 1.96 bits per heavy atom. The molecule has 0 fully saturated rings. The van der Waals surface area contributed by atoms with E-state index in [1.165, 1.54) is 0 Å². The van der Waals surface area contributed by atoms with Crippen LogP contribution in [0.3, 0.4) is 0 Å². The Morgan fingerprint density at radius 3 is 2.54 bits per heavy atom. The fraction of sp³-hybridized carbons (Fsp3) is 0.611. The summed E-state index contributed by atoms with van der Waals surface area (Å²) >= 11 is 5.36. The molecule has 1 aromatic heterocycles. The molecule has 1 heterocycles. The third-order valence-corrected chi connectivity index (χ3v) is 3.86. The molecule has 1 amide bonds. The number of nitrogens with zero attached hydrogens (tertiary/aromatic N) is 2. The van der Waals surface area contributed by atoms with E-state index in [1.807, 2.05) is 13.8 Å². The van der Waals surface area contributed by atoms with Crippen LogP contribution in [0.4, 0.5) is 10.5 Å². The van der Waals surface area contributed by atoms with Gasteiger partial charge in [-0.3, -0.25) is 5.32 Å². The summed E-state index contributed by atoms with van der Waals surface area (Å²) in [5, 5.41) is 11.8. The first-order valence-corrected chi connectivity index (χ1v) is 9.60. The topological polar surface area (TPSA) is 102 Å². The van der Waals surface area contributed by atoms with Crippen LogP contribution in [0.5, 0.6) is 0 Å². The number of nitrogens with one attached hydrogen (secondary N) is 1. The number of aliphatic hydroxyl groups is 1. The Kier molecular flexibility index (Phi) is 10.5. The number of ether oxygens (including phenoxy) is 3. The van der Waals surface area contributed by atoms with Gasteiger partial charge in [0.25, 0.3) is 0 Å². The predicted molar refractivity (Wildman–Crippen MR) is 109 cm³/mol. The molecule has 158 valence electrons. The third-order valence-electron chi connectivity index (χ3n) is 3.54. The molecule has 9 nitrogen and oxygen atoms in total. The van der Waals surface area contributed by atoms with Gasteiger partial charge in [0.15, 0.2) is 10.8 Å². The Hall–Kier alpha value is -2.17. The van der Waals surface area contributed by atoms with Gasteiger partial charge in [-0.2, -0.15) is 0 Å². The molecule has 2 N–H and O–H groups in total. The molecular formula is C18H29N3O6S. The minimum absolute atomic E-state index is 0.0111. The normalized spacial score (nSPS) is 10.6. The molecule has 0 radical (unpaired) electrons. The maximum absolute atomic E-state index is 12.5. The molecule has 0 bridgehead atoms. The van der Waals surface area contributed by atoms with Crippen LogP contribution in [0.2, 0.25) is 0 Å². The van der Waals surface area contributed by atoms with E-state index < -0.39 is 12.1 Å². The number of anilines is 1. The predicted octanol–water partition coefficient (Wildman–Crippen LogP) is 1.92. The zero-order chi connectivity index (χ0) is 21.1. The molecule has 0 spiro atoms. The maximum atomic E-state index is 12.5. The van der Waals surface area contributed by atoms with Gasteiger partial charge in [-0.15, -0.1) is 0 Å². The second kappa shape index (κ2) is 12.3. The highest BCUT2D eigenvalue weighted by molar-refractivity contribution is 7.80. The Morgan fingerprint density at radius 1 is 1.29 bits per heavy atom. The van der Waals surface area contributed by atoms with Crippen LogP contribution < -0.4 is 10.2 Å². The average molecular weight is 416 g/mol. The fourth-order valence-electron chi connectivity index (χ4n) is 2.43. The lowest BCUT2D eigenvalue weighted by atomic mass is 10.3. The highest BCUT2D eigenvalue weighted by Crippen LogP contribution is 2.24. The molecule has 1 rings (SSSR count). The summed E-state index contributed by atoms with van der Waals surface area (Å²) < 4.78 is 17.2. The first-order valence-electron chi connectivity index (χ1n) is 9.19. The number of hydrogen-bond acceptors (Lipinski definition) is 7. The molecule has 28 heavy (non-hydrogen) atoms. The van der Waals surface area contributed by atoms with E-state index in [1.54, 1.807) is 35.6 Å². The minimum atomic E-state index is -0.685.